The van der Waals surface area contributed by atoms with E-state index in [0.717, 1.165) is 0 Å². The number of ether oxygens (including phenoxy) is 1. The Morgan fingerprint density at radius 1 is 1.21 bits per heavy atom. The minimum absolute atomic E-state index is 0.0301. The summed E-state index contributed by atoms with van der Waals surface area (Å²) >= 11 is 0. The van der Waals surface area contributed by atoms with Crippen molar-refractivity contribution >= 4 is 5.97 Å². The van der Waals surface area contributed by atoms with Gasteiger partial charge in [0.25, 0.3) is 0 Å². The average Bonchev–Trinajstić information content (AvgIpc) is 2.39. The van der Waals surface area contributed by atoms with Gasteiger partial charge in [0.05, 0.1) is 0 Å². The van der Waals surface area contributed by atoms with Crippen LogP contribution in [0.5, 0.6) is 11.5 Å². The van der Waals surface area contributed by atoms with Gasteiger partial charge >= 0.3 is 5.97 Å². The predicted octanol–water partition coefficient (Wildman–Crippen LogP) is 3.70. The fourth-order valence-corrected chi connectivity index (χ4v) is 1.66. The van der Waals surface area contributed by atoms with E-state index in [1.54, 1.807) is 6.07 Å². The maximum atomic E-state index is 10.8. The minimum atomic E-state index is -1.07. The number of aromatic nitrogens is 1. The molecular weight excluding hydrogens is 242 g/mol. The molecular formula is C15H15NO3. The van der Waals surface area contributed by atoms with Crippen molar-refractivity contribution < 1.29 is 14.6 Å². The molecule has 0 radical (unpaired) electrons. The SMILES string of the molecule is CC(C)c1cccc(Oc2ccnc(C(=O)O)c2)c1. The first-order valence-electron chi connectivity index (χ1n) is 6.03. The molecule has 0 aliphatic carbocycles. The largest absolute Gasteiger partial charge is 0.477 e. The highest BCUT2D eigenvalue weighted by atomic mass is 16.5. The quantitative estimate of drug-likeness (QED) is 0.907. The molecule has 0 atom stereocenters. The molecule has 1 heterocycles. The van der Waals surface area contributed by atoms with Gasteiger partial charge in [0, 0.05) is 12.3 Å². The number of benzene rings is 1. The first-order chi connectivity index (χ1) is 9.06. The molecule has 0 saturated heterocycles. The van der Waals surface area contributed by atoms with Crippen LogP contribution in [0.15, 0.2) is 42.6 Å². The van der Waals surface area contributed by atoms with Gasteiger partial charge in [-0.2, -0.15) is 0 Å². The van der Waals surface area contributed by atoms with Crippen LogP contribution in [0.1, 0.15) is 35.8 Å². The standard InChI is InChI=1S/C15H15NO3/c1-10(2)11-4-3-5-12(8-11)19-13-6-7-16-14(9-13)15(17)18/h3-10H,1-2H3,(H,17,18). The summed E-state index contributed by atoms with van der Waals surface area (Å²) in [7, 11) is 0. The van der Waals surface area contributed by atoms with Crippen molar-refractivity contribution in [2.45, 2.75) is 19.8 Å². The molecule has 1 N–H and O–H groups in total. The second-order valence-corrected chi connectivity index (χ2v) is 4.51. The molecule has 0 bridgehead atoms. The van der Waals surface area contributed by atoms with E-state index in [-0.39, 0.29) is 5.69 Å². The lowest BCUT2D eigenvalue weighted by Gasteiger charge is -2.09. The number of aromatic carboxylic acids is 1. The number of carboxylic acids is 1. The van der Waals surface area contributed by atoms with Crippen LogP contribution in [-0.2, 0) is 0 Å². The zero-order chi connectivity index (χ0) is 13.8. The predicted molar refractivity (Wildman–Crippen MR) is 71.8 cm³/mol. The molecule has 0 aliphatic rings. The lowest BCUT2D eigenvalue weighted by atomic mass is 10.0. The summed E-state index contributed by atoms with van der Waals surface area (Å²) < 4.78 is 5.66. The molecule has 0 aliphatic heterocycles. The highest BCUT2D eigenvalue weighted by molar-refractivity contribution is 5.85. The molecule has 4 nitrogen and oxygen atoms in total. The van der Waals surface area contributed by atoms with Crippen LogP contribution in [0.3, 0.4) is 0 Å². The molecule has 0 saturated carbocycles. The van der Waals surface area contributed by atoms with Crippen LogP contribution in [0, 0.1) is 0 Å². The summed E-state index contributed by atoms with van der Waals surface area (Å²) in [6.07, 6.45) is 1.42. The summed E-state index contributed by atoms with van der Waals surface area (Å²) in [6, 6.07) is 10.8. The number of hydrogen-bond acceptors (Lipinski definition) is 3. The van der Waals surface area contributed by atoms with Gasteiger partial charge < -0.3 is 9.84 Å². The summed E-state index contributed by atoms with van der Waals surface area (Å²) in [6.45, 7) is 4.21. The third kappa shape index (κ3) is 3.31. The second kappa shape index (κ2) is 5.52. The van der Waals surface area contributed by atoms with E-state index in [4.69, 9.17) is 9.84 Å². The Bertz CT molecular complexity index is 593. The number of hydrogen-bond donors (Lipinski definition) is 1. The molecule has 2 rings (SSSR count). The maximum absolute atomic E-state index is 10.8. The first kappa shape index (κ1) is 13.1. The number of carbonyl (C=O) groups is 1. The number of rotatable bonds is 4. The second-order valence-electron chi connectivity index (χ2n) is 4.51. The zero-order valence-corrected chi connectivity index (χ0v) is 10.8. The molecule has 4 heteroatoms. The fourth-order valence-electron chi connectivity index (χ4n) is 1.66. The Kier molecular flexibility index (Phi) is 3.80. The van der Waals surface area contributed by atoms with Crippen LogP contribution in [0.2, 0.25) is 0 Å². The Balaban J connectivity index is 2.23. The van der Waals surface area contributed by atoms with Crippen molar-refractivity contribution in [1.82, 2.24) is 4.98 Å². The first-order valence-corrected chi connectivity index (χ1v) is 6.03. The van der Waals surface area contributed by atoms with Crippen molar-refractivity contribution in [3.8, 4) is 11.5 Å². The number of nitrogens with zero attached hydrogens (tertiary/aromatic N) is 1. The maximum Gasteiger partial charge on any atom is 0.354 e. The van der Waals surface area contributed by atoms with E-state index in [9.17, 15) is 4.79 Å². The van der Waals surface area contributed by atoms with E-state index in [1.165, 1.54) is 17.8 Å². The van der Waals surface area contributed by atoms with Gasteiger partial charge in [0.1, 0.15) is 11.5 Å². The lowest BCUT2D eigenvalue weighted by molar-refractivity contribution is 0.0690. The van der Waals surface area contributed by atoms with Crippen molar-refractivity contribution in [2.24, 2.45) is 0 Å². The van der Waals surface area contributed by atoms with E-state index < -0.39 is 5.97 Å². The van der Waals surface area contributed by atoms with E-state index in [1.807, 2.05) is 24.3 Å². The van der Waals surface area contributed by atoms with Gasteiger partial charge in [0.15, 0.2) is 5.69 Å². The van der Waals surface area contributed by atoms with Gasteiger partial charge in [-0.05, 0) is 29.7 Å². The minimum Gasteiger partial charge on any atom is -0.477 e. The van der Waals surface area contributed by atoms with Crippen LogP contribution in [0.25, 0.3) is 0 Å². The van der Waals surface area contributed by atoms with Crippen molar-refractivity contribution in [1.29, 1.82) is 0 Å². The Hall–Kier alpha value is -2.36. The van der Waals surface area contributed by atoms with Gasteiger partial charge in [0.2, 0.25) is 0 Å². The van der Waals surface area contributed by atoms with E-state index in [2.05, 4.69) is 18.8 Å². The molecule has 0 fully saturated rings. The molecule has 98 valence electrons. The van der Waals surface area contributed by atoms with E-state index in [0.29, 0.717) is 17.4 Å². The monoisotopic (exact) mass is 257 g/mol. The van der Waals surface area contributed by atoms with Crippen molar-refractivity contribution in [3.05, 3.63) is 53.9 Å². The molecule has 1 aromatic heterocycles. The smallest absolute Gasteiger partial charge is 0.354 e. The Morgan fingerprint density at radius 2 is 1.95 bits per heavy atom. The molecule has 2 aromatic rings. The highest BCUT2D eigenvalue weighted by Crippen LogP contribution is 2.25. The van der Waals surface area contributed by atoms with Crippen molar-refractivity contribution in [2.75, 3.05) is 0 Å². The molecule has 0 spiro atoms. The average molecular weight is 257 g/mol. The third-order valence-corrected chi connectivity index (χ3v) is 2.71. The highest BCUT2D eigenvalue weighted by Gasteiger charge is 2.07. The number of pyridine rings is 1. The zero-order valence-electron chi connectivity index (χ0n) is 10.8. The van der Waals surface area contributed by atoms with Gasteiger partial charge in [-0.1, -0.05) is 26.0 Å². The third-order valence-electron chi connectivity index (χ3n) is 2.71. The van der Waals surface area contributed by atoms with Gasteiger partial charge in [-0.3, -0.25) is 0 Å². The summed E-state index contributed by atoms with van der Waals surface area (Å²) in [5, 5.41) is 8.87. The van der Waals surface area contributed by atoms with Crippen molar-refractivity contribution in [3.63, 3.8) is 0 Å². The Morgan fingerprint density at radius 3 is 2.63 bits per heavy atom. The topological polar surface area (TPSA) is 59.4 Å². The summed E-state index contributed by atoms with van der Waals surface area (Å²) in [5.41, 5.74) is 1.14. The van der Waals surface area contributed by atoms with Crippen LogP contribution < -0.4 is 4.74 Å². The lowest BCUT2D eigenvalue weighted by Crippen LogP contribution is -1.99. The molecule has 0 amide bonds. The van der Waals surface area contributed by atoms with Gasteiger partial charge in [-0.15, -0.1) is 0 Å². The molecule has 19 heavy (non-hydrogen) atoms. The normalized spacial score (nSPS) is 10.5. The van der Waals surface area contributed by atoms with Crippen LogP contribution in [0.4, 0.5) is 0 Å². The fraction of sp³-hybridized carbons (Fsp3) is 0.200. The van der Waals surface area contributed by atoms with Gasteiger partial charge in [-0.25, -0.2) is 9.78 Å². The van der Waals surface area contributed by atoms with Crippen LogP contribution >= 0.6 is 0 Å². The number of carboxylic acid groups (broad SMARTS) is 1. The Labute approximate surface area is 111 Å². The van der Waals surface area contributed by atoms with Crippen LogP contribution in [-0.4, -0.2) is 16.1 Å². The summed E-state index contributed by atoms with van der Waals surface area (Å²) in [4.78, 5) is 14.6. The van der Waals surface area contributed by atoms with E-state index >= 15 is 0 Å². The molecule has 0 unspecified atom stereocenters. The summed E-state index contributed by atoms with van der Waals surface area (Å²) in [5.74, 6) is 0.499. The molecule has 1 aromatic carbocycles.